The Hall–Kier alpha value is -0.450. The Morgan fingerprint density at radius 2 is 2.08 bits per heavy atom. The maximum Gasteiger partial charge on any atom is 0.171 e. The minimum Gasteiger partial charge on any atom is -0.391 e. The Kier molecular flexibility index (Phi) is 4.53. The molecule has 0 heterocycles. The molecule has 0 amide bonds. The number of hydrogen-bond donors (Lipinski definition) is 3. The molecule has 0 unspecified atom stereocenters. The van der Waals surface area contributed by atoms with E-state index in [2.05, 4.69) is 5.32 Å². The average molecular weight is 188 g/mol. The van der Waals surface area contributed by atoms with Gasteiger partial charge in [0.25, 0.3) is 0 Å². The fourth-order valence-corrected chi connectivity index (χ4v) is 1.10. The fourth-order valence-electron chi connectivity index (χ4n) is 1.10. The van der Waals surface area contributed by atoms with Crippen LogP contribution in [0.1, 0.15) is 27.7 Å². The van der Waals surface area contributed by atoms with Gasteiger partial charge in [0.2, 0.25) is 0 Å². The van der Waals surface area contributed by atoms with E-state index in [1.54, 1.807) is 20.8 Å². The summed E-state index contributed by atoms with van der Waals surface area (Å²) in [6.07, 6.45) is -0.713. The van der Waals surface area contributed by atoms with Crippen molar-refractivity contribution in [3.63, 3.8) is 0 Å². The highest BCUT2D eigenvalue weighted by atomic mass is 16.3. The lowest BCUT2D eigenvalue weighted by molar-refractivity contribution is -0.127. The molecule has 4 heteroatoms. The lowest BCUT2D eigenvalue weighted by atomic mass is 9.92. The molecule has 4 nitrogen and oxygen atoms in total. The number of hydrogen-bond acceptors (Lipinski definition) is 4. The van der Waals surface area contributed by atoms with Gasteiger partial charge < -0.3 is 16.2 Å². The van der Waals surface area contributed by atoms with Crippen molar-refractivity contribution in [1.82, 2.24) is 5.32 Å². The standard InChI is InChI=1S/C9H20N2O2/c1-5-11-7(6(2)12)8(13)9(3,4)10/h6-7,11-12H,5,10H2,1-4H3/t6-,7+/m1/s1. The van der Waals surface area contributed by atoms with Gasteiger partial charge in [0, 0.05) is 0 Å². The third-order valence-electron chi connectivity index (χ3n) is 1.82. The van der Waals surface area contributed by atoms with Gasteiger partial charge in [-0.3, -0.25) is 4.79 Å². The van der Waals surface area contributed by atoms with E-state index in [0.717, 1.165) is 0 Å². The summed E-state index contributed by atoms with van der Waals surface area (Å²) in [6.45, 7) is 7.38. The molecule has 0 aliphatic heterocycles. The Morgan fingerprint density at radius 3 is 2.31 bits per heavy atom. The Labute approximate surface area is 79.5 Å². The summed E-state index contributed by atoms with van der Waals surface area (Å²) in [5, 5.41) is 12.2. The van der Waals surface area contributed by atoms with Crippen LogP contribution >= 0.6 is 0 Å². The number of nitrogens with two attached hydrogens (primary N) is 1. The van der Waals surface area contributed by atoms with E-state index in [1.165, 1.54) is 0 Å². The van der Waals surface area contributed by atoms with Crippen LogP contribution in [0.5, 0.6) is 0 Å². The van der Waals surface area contributed by atoms with Gasteiger partial charge >= 0.3 is 0 Å². The number of rotatable bonds is 5. The molecule has 4 N–H and O–H groups in total. The highest BCUT2D eigenvalue weighted by Gasteiger charge is 2.32. The van der Waals surface area contributed by atoms with E-state index in [4.69, 9.17) is 5.73 Å². The molecule has 0 bridgehead atoms. The number of aliphatic hydroxyl groups is 1. The molecular formula is C9H20N2O2. The summed E-state index contributed by atoms with van der Waals surface area (Å²) in [5.74, 6) is -0.163. The van der Waals surface area contributed by atoms with Gasteiger partial charge in [-0.1, -0.05) is 6.92 Å². The first-order valence-electron chi connectivity index (χ1n) is 4.55. The van der Waals surface area contributed by atoms with Gasteiger partial charge in [0.15, 0.2) is 5.78 Å². The Morgan fingerprint density at radius 1 is 1.62 bits per heavy atom. The highest BCUT2D eigenvalue weighted by molar-refractivity contribution is 5.92. The Bertz CT molecular complexity index is 173. The van der Waals surface area contributed by atoms with Crippen molar-refractivity contribution in [2.24, 2.45) is 5.73 Å². The first-order valence-corrected chi connectivity index (χ1v) is 4.55. The Balaban J connectivity index is 4.47. The van der Waals surface area contributed by atoms with E-state index < -0.39 is 17.7 Å². The van der Waals surface area contributed by atoms with E-state index in [-0.39, 0.29) is 5.78 Å². The van der Waals surface area contributed by atoms with Crippen LogP contribution in [0.4, 0.5) is 0 Å². The lowest BCUT2D eigenvalue weighted by Crippen LogP contribution is -2.56. The lowest BCUT2D eigenvalue weighted by Gasteiger charge is -2.26. The summed E-state index contributed by atoms with van der Waals surface area (Å²) in [7, 11) is 0. The monoisotopic (exact) mass is 188 g/mol. The van der Waals surface area contributed by atoms with Crippen LogP contribution in [0.2, 0.25) is 0 Å². The highest BCUT2D eigenvalue weighted by Crippen LogP contribution is 2.06. The molecule has 13 heavy (non-hydrogen) atoms. The second kappa shape index (κ2) is 4.69. The number of ketones is 1. The van der Waals surface area contributed by atoms with Crippen LogP contribution in [-0.2, 0) is 4.79 Å². The zero-order valence-corrected chi connectivity index (χ0v) is 8.79. The molecule has 0 saturated heterocycles. The fraction of sp³-hybridized carbons (Fsp3) is 0.889. The molecule has 0 aliphatic rings. The molecule has 0 aliphatic carbocycles. The van der Waals surface area contributed by atoms with Crippen LogP contribution in [0.25, 0.3) is 0 Å². The molecule has 0 aromatic rings. The molecule has 0 fully saturated rings. The van der Waals surface area contributed by atoms with E-state index in [9.17, 15) is 9.90 Å². The van der Waals surface area contributed by atoms with Crippen molar-refractivity contribution in [2.75, 3.05) is 6.54 Å². The minimum atomic E-state index is -0.899. The predicted octanol–water partition coefficient (Wildman–Crippen LogP) is -0.348. The van der Waals surface area contributed by atoms with Gasteiger partial charge in [-0.15, -0.1) is 0 Å². The number of carbonyl (C=O) groups excluding carboxylic acids is 1. The largest absolute Gasteiger partial charge is 0.391 e. The van der Waals surface area contributed by atoms with Crippen LogP contribution < -0.4 is 11.1 Å². The maximum atomic E-state index is 11.6. The molecule has 0 rings (SSSR count). The van der Waals surface area contributed by atoms with Crippen molar-refractivity contribution >= 4 is 5.78 Å². The molecule has 2 atom stereocenters. The maximum absolute atomic E-state index is 11.6. The number of likely N-dealkylation sites (N-methyl/N-ethyl adjacent to an activating group) is 1. The smallest absolute Gasteiger partial charge is 0.171 e. The number of nitrogens with one attached hydrogen (secondary N) is 1. The van der Waals surface area contributed by atoms with Gasteiger partial charge in [0.05, 0.1) is 17.7 Å². The predicted molar refractivity (Wildman–Crippen MR) is 52.4 cm³/mol. The van der Waals surface area contributed by atoms with Gasteiger partial charge in [-0.25, -0.2) is 0 Å². The van der Waals surface area contributed by atoms with Gasteiger partial charge in [0.1, 0.15) is 0 Å². The van der Waals surface area contributed by atoms with Crippen molar-refractivity contribution in [2.45, 2.75) is 45.4 Å². The van der Waals surface area contributed by atoms with Crippen molar-refractivity contribution in [3.05, 3.63) is 0 Å². The summed E-state index contributed by atoms with van der Waals surface area (Å²) in [4.78, 5) is 11.6. The van der Waals surface area contributed by atoms with E-state index >= 15 is 0 Å². The SMILES string of the molecule is CCN[C@H](C(=O)C(C)(C)N)[C@@H](C)O. The number of carbonyl (C=O) groups is 1. The van der Waals surface area contributed by atoms with Crippen LogP contribution in [-0.4, -0.2) is 35.1 Å². The third kappa shape index (κ3) is 3.85. The van der Waals surface area contributed by atoms with Gasteiger partial charge in [-0.05, 0) is 27.3 Å². The summed E-state index contributed by atoms with van der Waals surface area (Å²) < 4.78 is 0. The quantitative estimate of drug-likeness (QED) is 0.551. The zero-order valence-electron chi connectivity index (χ0n) is 8.79. The molecule has 0 saturated carbocycles. The summed E-state index contributed by atoms with van der Waals surface area (Å²) in [5.41, 5.74) is 4.75. The molecule has 0 aromatic heterocycles. The van der Waals surface area contributed by atoms with E-state index in [1.807, 2.05) is 6.92 Å². The normalized spacial score (nSPS) is 16.8. The zero-order chi connectivity index (χ0) is 10.6. The summed E-state index contributed by atoms with van der Waals surface area (Å²) in [6, 6.07) is -0.565. The second-order valence-electron chi connectivity index (χ2n) is 3.86. The molecule has 0 radical (unpaired) electrons. The van der Waals surface area contributed by atoms with Crippen molar-refractivity contribution in [1.29, 1.82) is 0 Å². The molecule has 0 spiro atoms. The number of aliphatic hydroxyl groups excluding tert-OH is 1. The van der Waals surface area contributed by atoms with Crippen molar-refractivity contribution < 1.29 is 9.90 Å². The summed E-state index contributed by atoms with van der Waals surface area (Å²) >= 11 is 0. The van der Waals surface area contributed by atoms with Crippen LogP contribution in [0, 0.1) is 0 Å². The van der Waals surface area contributed by atoms with E-state index in [0.29, 0.717) is 6.54 Å². The van der Waals surface area contributed by atoms with Crippen LogP contribution in [0.3, 0.4) is 0 Å². The average Bonchev–Trinajstić information content (AvgIpc) is 1.96. The minimum absolute atomic E-state index is 0.163. The molecule has 0 aromatic carbocycles. The molecule has 78 valence electrons. The molecular weight excluding hydrogens is 168 g/mol. The third-order valence-corrected chi connectivity index (χ3v) is 1.82. The second-order valence-corrected chi connectivity index (χ2v) is 3.86. The first kappa shape index (κ1) is 12.6. The van der Waals surface area contributed by atoms with Gasteiger partial charge in [-0.2, -0.15) is 0 Å². The number of Topliss-reactive ketones (excluding diaryl/α,β-unsaturated/α-hetero) is 1. The van der Waals surface area contributed by atoms with Crippen molar-refractivity contribution in [3.8, 4) is 0 Å². The first-order chi connectivity index (χ1) is 5.80. The topological polar surface area (TPSA) is 75.4 Å². The van der Waals surface area contributed by atoms with Crippen LogP contribution in [0.15, 0.2) is 0 Å².